The Morgan fingerprint density at radius 1 is 1.33 bits per heavy atom. The van der Waals surface area contributed by atoms with Crippen molar-refractivity contribution >= 4 is 30.2 Å². The molecule has 0 saturated carbocycles. The molecule has 0 spiro atoms. The van der Waals surface area contributed by atoms with Gasteiger partial charge in [0.1, 0.15) is 6.10 Å². The van der Waals surface area contributed by atoms with Crippen LogP contribution in [0.2, 0.25) is 0 Å². The van der Waals surface area contributed by atoms with Crippen molar-refractivity contribution in [2.75, 3.05) is 6.61 Å². The second-order valence-corrected chi connectivity index (χ2v) is 3.23. The Kier molecular flexibility index (Phi) is 5.98. The molecule has 0 unspecified atom stereocenters. The van der Waals surface area contributed by atoms with E-state index in [-0.39, 0.29) is 0 Å². The number of hydrogen-bond donors (Lipinski definition) is 5. The van der Waals surface area contributed by atoms with E-state index in [1.807, 2.05) is 0 Å². The molecule has 12 heavy (non-hydrogen) atoms. The van der Waals surface area contributed by atoms with Gasteiger partial charge in [0.2, 0.25) is 0 Å². The van der Waals surface area contributed by atoms with Crippen molar-refractivity contribution in [1.29, 1.82) is 0 Å². The van der Waals surface area contributed by atoms with Gasteiger partial charge in [-0.2, -0.15) is 12.6 Å². The van der Waals surface area contributed by atoms with Gasteiger partial charge >= 0.3 is 0 Å². The van der Waals surface area contributed by atoms with Gasteiger partial charge in [0.05, 0.1) is 24.1 Å². The SMILES string of the molecule is OC[C@@H](O)[C@@H](S)[C@H](O)[C@H](O)C=S. The highest BCUT2D eigenvalue weighted by Gasteiger charge is 2.27. The van der Waals surface area contributed by atoms with Crippen molar-refractivity contribution in [1.82, 2.24) is 0 Å². The maximum atomic E-state index is 9.19. The molecule has 4 nitrogen and oxygen atoms in total. The van der Waals surface area contributed by atoms with Crippen LogP contribution in [0.25, 0.3) is 0 Å². The molecule has 4 atom stereocenters. The van der Waals surface area contributed by atoms with Crippen LogP contribution >= 0.6 is 24.8 Å². The number of aliphatic hydroxyl groups is 4. The summed E-state index contributed by atoms with van der Waals surface area (Å²) >= 11 is 8.19. The van der Waals surface area contributed by atoms with Crippen molar-refractivity contribution in [2.45, 2.75) is 23.6 Å². The van der Waals surface area contributed by atoms with Crippen molar-refractivity contribution in [3.8, 4) is 0 Å². The molecule has 0 bridgehead atoms. The van der Waals surface area contributed by atoms with Crippen LogP contribution in [0.5, 0.6) is 0 Å². The van der Waals surface area contributed by atoms with Crippen LogP contribution in [0.15, 0.2) is 0 Å². The summed E-state index contributed by atoms with van der Waals surface area (Å²) < 4.78 is 0. The second kappa shape index (κ2) is 5.85. The van der Waals surface area contributed by atoms with Crippen LogP contribution in [0.4, 0.5) is 0 Å². The first-order valence-electron chi connectivity index (χ1n) is 3.33. The van der Waals surface area contributed by atoms with Crippen LogP contribution in [-0.4, -0.2) is 56.0 Å². The zero-order chi connectivity index (χ0) is 9.72. The van der Waals surface area contributed by atoms with Gasteiger partial charge in [0, 0.05) is 5.37 Å². The average molecular weight is 212 g/mol. The molecule has 0 fully saturated rings. The van der Waals surface area contributed by atoms with Crippen LogP contribution in [0.1, 0.15) is 0 Å². The van der Waals surface area contributed by atoms with Gasteiger partial charge in [-0.25, -0.2) is 0 Å². The molecule has 6 heteroatoms. The van der Waals surface area contributed by atoms with Crippen LogP contribution in [0.3, 0.4) is 0 Å². The van der Waals surface area contributed by atoms with Crippen molar-refractivity contribution in [2.24, 2.45) is 0 Å². The van der Waals surface area contributed by atoms with E-state index < -0.39 is 30.2 Å². The maximum absolute atomic E-state index is 9.19. The number of aliphatic hydroxyl groups excluding tert-OH is 4. The molecule has 0 aliphatic heterocycles. The summed E-state index contributed by atoms with van der Waals surface area (Å²) in [6, 6.07) is 0. The van der Waals surface area contributed by atoms with Gasteiger partial charge < -0.3 is 20.4 Å². The fraction of sp³-hybridized carbons (Fsp3) is 0.833. The highest BCUT2D eigenvalue weighted by molar-refractivity contribution is 7.81. The van der Waals surface area contributed by atoms with E-state index in [1.54, 1.807) is 0 Å². The molecule has 0 rings (SSSR count). The predicted molar refractivity (Wildman–Crippen MR) is 51.5 cm³/mol. The molecule has 72 valence electrons. The summed E-state index contributed by atoms with van der Waals surface area (Å²) in [6.45, 7) is -0.518. The number of thiol groups is 1. The third-order valence-corrected chi connectivity index (χ3v) is 2.35. The predicted octanol–water partition coefficient (Wildman–Crippen LogP) is -1.64. The normalized spacial score (nSPS) is 21.1. The zero-order valence-electron chi connectivity index (χ0n) is 6.24. The van der Waals surface area contributed by atoms with Crippen molar-refractivity contribution < 1.29 is 20.4 Å². The summed E-state index contributed by atoms with van der Waals surface area (Å²) in [4.78, 5) is 0. The van der Waals surface area contributed by atoms with Crippen LogP contribution < -0.4 is 0 Å². The Balaban J connectivity index is 4.07. The van der Waals surface area contributed by atoms with E-state index in [0.29, 0.717) is 0 Å². The first-order chi connectivity index (χ1) is 5.54. The van der Waals surface area contributed by atoms with E-state index in [4.69, 9.17) is 15.3 Å². The monoisotopic (exact) mass is 212 g/mol. The average Bonchev–Trinajstić information content (AvgIpc) is 2.12. The standard InChI is InChI=1S/C6H12O4S2/c7-1-3(8)6(12)5(10)4(9)2-11/h2-10,12H,1H2/t3-,4-,5-,6-/m1/s1. The number of hydrogen-bond acceptors (Lipinski definition) is 6. The summed E-state index contributed by atoms with van der Waals surface area (Å²) in [7, 11) is 0. The lowest BCUT2D eigenvalue weighted by Crippen LogP contribution is -2.42. The topological polar surface area (TPSA) is 80.9 Å². The quantitative estimate of drug-likeness (QED) is 0.279. The third kappa shape index (κ3) is 3.34. The second-order valence-electron chi connectivity index (χ2n) is 2.36. The van der Waals surface area contributed by atoms with E-state index in [9.17, 15) is 5.11 Å². The lowest BCUT2D eigenvalue weighted by molar-refractivity contribution is 0.0101. The lowest BCUT2D eigenvalue weighted by atomic mass is 10.1. The molecular formula is C6H12O4S2. The Morgan fingerprint density at radius 3 is 2.17 bits per heavy atom. The van der Waals surface area contributed by atoms with E-state index >= 15 is 0 Å². The molecule has 0 aliphatic rings. The zero-order valence-corrected chi connectivity index (χ0v) is 7.95. The fourth-order valence-electron chi connectivity index (χ4n) is 0.618. The van der Waals surface area contributed by atoms with Gasteiger partial charge in [-0.15, -0.1) is 0 Å². The maximum Gasteiger partial charge on any atom is 0.109 e. The van der Waals surface area contributed by atoms with E-state index in [2.05, 4.69) is 24.8 Å². The molecule has 0 heterocycles. The van der Waals surface area contributed by atoms with Crippen molar-refractivity contribution in [3.05, 3.63) is 0 Å². The molecular weight excluding hydrogens is 200 g/mol. The number of rotatable bonds is 5. The summed E-state index contributed by atoms with van der Waals surface area (Å²) in [5.74, 6) is 0. The summed E-state index contributed by atoms with van der Waals surface area (Å²) in [6.07, 6.45) is -3.66. The minimum absolute atomic E-state index is 0.518. The first kappa shape index (κ1) is 12.3. The highest BCUT2D eigenvalue weighted by Crippen LogP contribution is 2.10. The van der Waals surface area contributed by atoms with E-state index in [1.165, 1.54) is 0 Å². The molecule has 0 aromatic rings. The van der Waals surface area contributed by atoms with Gasteiger partial charge in [-0.05, 0) is 0 Å². The van der Waals surface area contributed by atoms with Gasteiger partial charge in [-0.1, -0.05) is 12.2 Å². The van der Waals surface area contributed by atoms with Gasteiger partial charge in [-0.3, -0.25) is 0 Å². The molecule has 4 N–H and O–H groups in total. The molecule has 0 aromatic carbocycles. The van der Waals surface area contributed by atoms with Crippen molar-refractivity contribution in [3.63, 3.8) is 0 Å². The Morgan fingerprint density at radius 2 is 1.83 bits per heavy atom. The first-order valence-corrected chi connectivity index (χ1v) is 4.31. The van der Waals surface area contributed by atoms with E-state index in [0.717, 1.165) is 5.37 Å². The number of thiocarbonyl (C=S) groups is 1. The fourth-order valence-corrected chi connectivity index (χ4v) is 1.05. The van der Waals surface area contributed by atoms with Gasteiger partial charge in [0.15, 0.2) is 0 Å². The highest BCUT2D eigenvalue weighted by atomic mass is 32.1. The summed E-state index contributed by atoms with van der Waals surface area (Å²) in [5, 5.41) is 35.7. The third-order valence-electron chi connectivity index (χ3n) is 1.42. The minimum Gasteiger partial charge on any atom is -0.394 e. The van der Waals surface area contributed by atoms with Crippen LogP contribution in [0, 0.1) is 0 Å². The van der Waals surface area contributed by atoms with Gasteiger partial charge in [0.25, 0.3) is 0 Å². The molecule has 0 radical (unpaired) electrons. The lowest BCUT2D eigenvalue weighted by Gasteiger charge is -2.23. The molecule has 0 amide bonds. The Hall–Kier alpha value is 0.280. The Labute approximate surface area is 81.3 Å². The minimum atomic E-state index is -1.27. The molecule has 0 aromatic heterocycles. The largest absolute Gasteiger partial charge is 0.394 e. The van der Waals surface area contributed by atoms with Crippen LogP contribution in [-0.2, 0) is 0 Å². The molecule has 0 saturated heterocycles. The smallest absolute Gasteiger partial charge is 0.109 e. The summed E-state index contributed by atoms with van der Waals surface area (Å²) in [5.41, 5.74) is 0. The molecule has 0 aliphatic carbocycles. The Bertz CT molecular complexity index is 144.